The van der Waals surface area contributed by atoms with Crippen LogP contribution in [0, 0.1) is 34.1 Å². The monoisotopic (exact) mass is 1290 g/mol. The number of halogens is 5. The smallest absolute Gasteiger partial charge is 0.453 e. The minimum atomic E-state index is -1.05. The standard InChI is InChI=1S/C33H28F2N4O3.C27H19ClF2N2O3.C12H21BN2O2/c1-20(2)39-19-23(17-38-39)27-16-28-25(18-37-27)29(9-12-36-28)42-30-8-5-22(13-26(30)35)15-32(41)33(10-11-33)31(40)14-21-3-6-24(34)7-4-21;28-26-14-21-19(15-32-26)22(7-10-31-21)35-23-6-3-17(11-20(23)30)13-25(34)27(8-9-27)24(33)12-16-1-4-18(29)5-2-16;1-9(2)15-8-10(7-14-15)13-16-11(3,4)12(5,6)17-13/h3-9,12-13,16-20H,10-11,14-15H2,1-2H3;1-7,10-11,14-15H,8-9,12-13H2;7-9H,1-6H3. The van der Waals surface area contributed by atoms with Gasteiger partial charge in [-0.3, -0.25) is 43.5 Å². The van der Waals surface area contributed by atoms with Crippen LogP contribution in [0.2, 0.25) is 5.15 Å². The number of ketones is 4. The molecule has 0 N–H and O–H groups in total. The van der Waals surface area contributed by atoms with Crippen molar-refractivity contribution in [3.63, 3.8) is 0 Å². The van der Waals surface area contributed by atoms with E-state index in [-0.39, 0.29) is 101 Å². The molecule has 4 aromatic carbocycles. The van der Waals surface area contributed by atoms with E-state index >= 15 is 4.39 Å². The van der Waals surface area contributed by atoms with Crippen molar-refractivity contribution in [3.8, 4) is 34.3 Å². The van der Waals surface area contributed by atoms with Gasteiger partial charge in [-0.2, -0.15) is 10.2 Å². The number of carbonyl (C=O) groups is 4. The van der Waals surface area contributed by atoms with Crippen LogP contribution in [-0.4, -0.2) is 81.0 Å². The van der Waals surface area contributed by atoms with E-state index in [1.54, 1.807) is 73.2 Å². The minimum Gasteiger partial charge on any atom is -0.453 e. The molecule has 3 fully saturated rings. The van der Waals surface area contributed by atoms with Gasteiger partial charge in [-0.05, 0) is 170 Å². The number of hydrogen-bond acceptors (Lipinski definition) is 14. The second-order valence-corrected chi connectivity index (χ2v) is 25.9. The Morgan fingerprint density at radius 1 is 0.511 bits per heavy atom. The van der Waals surface area contributed by atoms with Crippen LogP contribution >= 0.6 is 11.6 Å². The Balaban J connectivity index is 0.000000156. The van der Waals surface area contributed by atoms with Crippen LogP contribution < -0.4 is 14.9 Å². The highest BCUT2D eigenvalue weighted by molar-refractivity contribution is 6.62. The summed E-state index contributed by atoms with van der Waals surface area (Å²) in [4.78, 5) is 69.1. The second-order valence-electron chi connectivity index (χ2n) is 25.5. The lowest BCUT2D eigenvalue weighted by molar-refractivity contribution is -0.135. The van der Waals surface area contributed by atoms with Crippen molar-refractivity contribution >= 4 is 69.1 Å². The maximum Gasteiger partial charge on any atom is 0.498 e. The predicted octanol–water partition coefficient (Wildman–Crippen LogP) is 14.7. The van der Waals surface area contributed by atoms with E-state index in [0.29, 0.717) is 93.0 Å². The molecule has 1 aliphatic heterocycles. The molecule has 1 saturated heterocycles. The Bertz CT molecular complexity index is 4480. The highest BCUT2D eigenvalue weighted by Crippen LogP contribution is 2.50. The number of pyridine rings is 4. The summed E-state index contributed by atoms with van der Waals surface area (Å²) in [6, 6.07) is 27.2. The van der Waals surface area contributed by atoms with Crippen LogP contribution in [-0.2, 0) is 54.2 Å². The number of fused-ring (bicyclic) bond motifs is 2. The van der Waals surface area contributed by atoms with Crippen LogP contribution in [0.1, 0.15) is 115 Å². The summed E-state index contributed by atoms with van der Waals surface area (Å²) in [7, 11) is -0.313. The molecule has 482 valence electrons. The molecule has 7 heterocycles. The Morgan fingerprint density at radius 2 is 0.926 bits per heavy atom. The molecule has 0 unspecified atom stereocenters. The number of rotatable bonds is 20. The first-order chi connectivity index (χ1) is 44.8. The van der Waals surface area contributed by atoms with E-state index in [9.17, 15) is 32.3 Å². The fourth-order valence-corrected chi connectivity index (χ4v) is 11.0. The van der Waals surface area contributed by atoms with Crippen molar-refractivity contribution in [1.29, 1.82) is 0 Å². The molecular formula is C72H68BClF4N8O8. The number of Topliss-reactive ketones (excluding diaryl/α,β-unsaturated/α-hetero) is 4. The van der Waals surface area contributed by atoms with E-state index in [1.807, 2.05) is 47.9 Å². The van der Waals surface area contributed by atoms with E-state index in [1.165, 1.54) is 60.9 Å². The number of ether oxygens (including phenoxy) is 2. The van der Waals surface area contributed by atoms with Crippen LogP contribution in [0.4, 0.5) is 17.6 Å². The number of nitrogens with zero attached hydrogens (tertiary/aromatic N) is 8. The Kier molecular flexibility index (Phi) is 19.0. The van der Waals surface area contributed by atoms with Crippen molar-refractivity contribution < 1.29 is 55.5 Å². The molecule has 2 aliphatic carbocycles. The first kappa shape index (κ1) is 66.2. The lowest BCUT2D eigenvalue weighted by Crippen LogP contribution is -2.41. The summed E-state index contributed by atoms with van der Waals surface area (Å²) in [6.07, 6.45) is 15.6. The van der Waals surface area contributed by atoms with E-state index < -0.39 is 22.5 Å². The topological polar surface area (TPSA) is 192 Å². The van der Waals surface area contributed by atoms with Crippen LogP contribution in [0.15, 0.2) is 159 Å². The third-order valence-electron chi connectivity index (χ3n) is 17.6. The van der Waals surface area contributed by atoms with Crippen LogP contribution in [0.3, 0.4) is 0 Å². The number of benzene rings is 4. The van der Waals surface area contributed by atoms with Crippen molar-refractivity contribution in [1.82, 2.24) is 39.5 Å². The summed E-state index contributed by atoms with van der Waals surface area (Å²) >= 11 is 5.90. The molecule has 0 radical (unpaired) electrons. The molecule has 16 nitrogen and oxygen atoms in total. The van der Waals surface area contributed by atoms with Gasteiger partial charge >= 0.3 is 7.12 Å². The van der Waals surface area contributed by atoms with Crippen LogP contribution in [0.5, 0.6) is 23.0 Å². The molecule has 22 heteroatoms. The van der Waals surface area contributed by atoms with Gasteiger partial charge in [0.2, 0.25) is 0 Å². The normalized spacial score (nSPS) is 15.5. The Morgan fingerprint density at radius 3 is 1.35 bits per heavy atom. The first-order valence-electron chi connectivity index (χ1n) is 30.9. The third-order valence-corrected chi connectivity index (χ3v) is 17.8. The Hall–Kier alpha value is -9.31. The second kappa shape index (κ2) is 27.0. The zero-order valence-corrected chi connectivity index (χ0v) is 53.9. The van der Waals surface area contributed by atoms with Gasteiger partial charge < -0.3 is 18.8 Å². The van der Waals surface area contributed by atoms with Gasteiger partial charge in [0.15, 0.2) is 46.3 Å². The summed E-state index contributed by atoms with van der Waals surface area (Å²) in [5.74, 6) is -2.13. The highest BCUT2D eigenvalue weighted by Gasteiger charge is 2.56. The first-order valence-corrected chi connectivity index (χ1v) is 31.3. The fraction of sp³-hybridized carbons (Fsp3) is 0.306. The molecule has 0 spiro atoms. The van der Waals surface area contributed by atoms with Gasteiger partial charge in [-0.1, -0.05) is 48.0 Å². The molecule has 0 amide bonds. The lowest BCUT2D eigenvalue weighted by atomic mass is 9.82. The van der Waals surface area contributed by atoms with Gasteiger partial charge in [-0.25, -0.2) is 22.5 Å². The van der Waals surface area contributed by atoms with Crippen molar-refractivity contribution in [2.24, 2.45) is 10.8 Å². The summed E-state index contributed by atoms with van der Waals surface area (Å²) in [6.45, 7) is 16.5. The zero-order valence-electron chi connectivity index (χ0n) is 53.1. The maximum absolute atomic E-state index is 15.2. The lowest BCUT2D eigenvalue weighted by Gasteiger charge is -2.32. The number of carbonyl (C=O) groups excluding carboxylic acids is 4. The predicted molar refractivity (Wildman–Crippen MR) is 348 cm³/mol. The largest absolute Gasteiger partial charge is 0.498 e. The van der Waals surface area contributed by atoms with Gasteiger partial charge in [0, 0.05) is 98.2 Å². The molecule has 6 aromatic heterocycles. The van der Waals surface area contributed by atoms with E-state index in [2.05, 4.69) is 71.7 Å². The third kappa shape index (κ3) is 14.7. The van der Waals surface area contributed by atoms with Gasteiger partial charge in [0.05, 0.1) is 55.7 Å². The number of aromatic nitrogens is 8. The quantitative estimate of drug-likeness (QED) is 0.0303. The summed E-state index contributed by atoms with van der Waals surface area (Å²) in [5.41, 5.74) is 3.31. The van der Waals surface area contributed by atoms with Crippen molar-refractivity contribution in [3.05, 3.63) is 209 Å². The van der Waals surface area contributed by atoms with Gasteiger partial charge in [-0.15, -0.1) is 0 Å². The molecule has 0 bridgehead atoms. The van der Waals surface area contributed by atoms with Crippen LogP contribution in [0.25, 0.3) is 33.1 Å². The molecule has 10 aromatic rings. The minimum absolute atomic E-state index is 0.00509. The molecular weight excluding hydrogens is 1230 g/mol. The highest BCUT2D eigenvalue weighted by atomic mass is 35.5. The van der Waals surface area contributed by atoms with E-state index in [4.69, 9.17) is 30.4 Å². The fourth-order valence-electron chi connectivity index (χ4n) is 10.8. The molecule has 0 atom stereocenters. The van der Waals surface area contributed by atoms with Crippen molar-refractivity contribution in [2.45, 2.75) is 130 Å². The SMILES string of the molecule is CC(C)n1cc(-c2cc3nccc(Oc4ccc(CC(=O)C5(C(=O)Cc6ccc(F)cc6)CC5)cc4F)c3cn2)cn1.CC(C)n1cc(B2OC(C)(C)C(C)(C)O2)cn1.O=C(Cc1ccc(F)cc1)C1(C(=O)Cc2ccc(Oc3ccnc4cc(Cl)ncc34)c(F)c2)CC1. The average molecular weight is 1300 g/mol. The van der Waals surface area contributed by atoms with Gasteiger partial charge in [0.25, 0.3) is 0 Å². The molecule has 13 rings (SSSR count). The van der Waals surface area contributed by atoms with Gasteiger partial charge in [0.1, 0.15) is 28.3 Å². The maximum atomic E-state index is 15.2. The molecule has 3 aliphatic rings. The summed E-state index contributed by atoms with van der Waals surface area (Å²) < 4.78 is 83.7. The van der Waals surface area contributed by atoms with Crippen molar-refractivity contribution in [2.75, 3.05) is 0 Å². The summed E-state index contributed by atoms with van der Waals surface area (Å²) in [5, 5.41) is 10.2. The number of hydrogen-bond donors (Lipinski definition) is 0. The van der Waals surface area contributed by atoms with E-state index in [0.717, 1.165) is 11.0 Å². The average Bonchev–Trinajstić information content (AvgIpc) is 1.58. The molecule has 94 heavy (non-hydrogen) atoms. The molecule has 2 saturated carbocycles. The Labute approximate surface area is 546 Å². The zero-order chi connectivity index (χ0) is 66.9.